The first-order valence-corrected chi connectivity index (χ1v) is 5.37. The average molecular weight is 214 g/mol. The van der Waals surface area contributed by atoms with Gasteiger partial charge in [0.25, 0.3) is 0 Å². The first kappa shape index (κ1) is 12.0. The number of piperidine rings is 1. The van der Waals surface area contributed by atoms with E-state index in [0.29, 0.717) is 12.3 Å². The van der Waals surface area contributed by atoms with Crippen molar-refractivity contribution in [2.75, 3.05) is 19.6 Å². The van der Waals surface area contributed by atoms with Crippen molar-refractivity contribution in [2.24, 2.45) is 5.92 Å². The Morgan fingerprint density at radius 2 is 2.00 bits per heavy atom. The lowest BCUT2D eigenvalue weighted by Crippen LogP contribution is -2.31. The van der Waals surface area contributed by atoms with Crippen LogP contribution in [0, 0.1) is 5.92 Å². The van der Waals surface area contributed by atoms with Crippen LogP contribution in [0.5, 0.6) is 0 Å². The summed E-state index contributed by atoms with van der Waals surface area (Å²) in [6.45, 7) is 1.79. The fourth-order valence-corrected chi connectivity index (χ4v) is 1.77. The van der Waals surface area contributed by atoms with Crippen molar-refractivity contribution >= 4 is 11.9 Å². The molecule has 15 heavy (non-hydrogen) atoms. The molecule has 0 spiro atoms. The molecule has 1 amide bonds. The number of rotatable bonds is 5. The Morgan fingerprint density at radius 1 is 1.33 bits per heavy atom. The number of carbonyl (C=O) groups excluding carboxylic acids is 1. The van der Waals surface area contributed by atoms with Gasteiger partial charge in [-0.3, -0.25) is 9.59 Å². The Hall–Kier alpha value is -1.10. The van der Waals surface area contributed by atoms with E-state index in [2.05, 4.69) is 10.6 Å². The van der Waals surface area contributed by atoms with E-state index in [1.165, 1.54) is 0 Å². The number of amides is 1. The SMILES string of the molecule is O=C(O)CNC(=O)CCC1CCNCC1. The minimum Gasteiger partial charge on any atom is -0.480 e. The van der Waals surface area contributed by atoms with Gasteiger partial charge in [0.15, 0.2) is 0 Å². The zero-order valence-corrected chi connectivity index (χ0v) is 8.79. The van der Waals surface area contributed by atoms with Crippen molar-refractivity contribution in [1.82, 2.24) is 10.6 Å². The summed E-state index contributed by atoms with van der Waals surface area (Å²) < 4.78 is 0. The smallest absolute Gasteiger partial charge is 0.322 e. The molecule has 86 valence electrons. The quantitative estimate of drug-likeness (QED) is 0.600. The van der Waals surface area contributed by atoms with Crippen LogP contribution in [0.3, 0.4) is 0 Å². The van der Waals surface area contributed by atoms with Gasteiger partial charge in [-0.15, -0.1) is 0 Å². The Balaban J connectivity index is 2.07. The molecule has 1 fully saturated rings. The molecule has 0 atom stereocenters. The van der Waals surface area contributed by atoms with Crippen LogP contribution in [-0.4, -0.2) is 36.6 Å². The number of hydrogen-bond donors (Lipinski definition) is 3. The van der Waals surface area contributed by atoms with Gasteiger partial charge in [0.2, 0.25) is 5.91 Å². The molecule has 0 saturated carbocycles. The van der Waals surface area contributed by atoms with Crippen LogP contribution >= 0.6 is 0 Å². The van der Waals surface area contributed by atoms with Gasteiger partial charge in [-0.2, -0.15) is 0 Å². The molecular weight excluding hydrogens is 196 g/mol. The first-order valence-electron chi connectivity index (χ1n) is 5.37. The largest absolute Gasteiger partial charge is 0.480 e. The van der Waals surface area contributed by atoms with Crippen molar-refractivity contribution in [2.45, 2.75) is 25.7 Å². The summed E-state index contributed by atoms with van der Waals surface area (Å²) in [5.74, 6) is -0.539. The molecule has 1 aliphatic rings. The van der Waals surface area contributed by atoms with E-state index in [-0.39, 0.29) is 12.5 Å². The predicted octanol–water partition coefficient (Wildman–Crippen LogP) is -0.0330. The van der Waals surface area contributed by atoms with Gasteiger partial charge in [0.1, 0.15) is 6.54 Å². The molecule has 0 unspecified atom stereocenters. The van der Waals surface area contributed by atoms with Crippen LogP contribution in [0.25, 0.3) is 0 Å². The van der Waals surface area contributed by atoms with E-state index >= 15 is 0 Å². The van der Waals surface area contributed by atoms with E-state index in [4.69, 9.17) is 5.11 Å². The van der Waals surface area contributed by atoms with Crippen molar-refractivity contribution < 1.29 is 14.7 Å². The van der Waals surface area contributed by atoms with Gasteiger partial charge in [0, 0.05) is 6.42 Å². The zero-order valence-electron chi connectivity index (χ0n) is 8.79. The Bertz CT molecular complexity index is 225. The van der Waals surface area contributed by atoms with E-state index < -0.39 is 5.97 Å². The highest BCUT2D eigenvalue weighted by Gasteiger charge is 2.14. The molecule has 1 rings (SSSR count). The number of carbonyl (C=O) groups is 2. The lowest BCUT2D eigenvalue weighted by Gasteiger charge is -2.21. The van der Waals surface area contributed by atoms with Gasteiger partial charge in [0.05, 0.1) is 0 Å². The van der Waals surface area contributed by atoms with E-state index in [9.17, 15) is 9.59 Å². The molecule has 1 saturated heterocycles. The van der Waals surface area contributed by atoms with Crippen LogP contribution < -0.4 is 10.6 Å². The molecule has 0 aromatic carbocycles. The molecule has 0 aliphatic carbocycles. The molecule has 1 heterocycles. The minimum atomic E-state index is -0.995. The van der Waals surface area contributed by atoms with Gasteiger partial charge in [-0.1, -0.05) is 0 Å². The second-order valence-electron chi connectivity index (χ2n) is 3.90. The summed E-state index contributed by atoms with van der Waals surface area (Å²) in [6.07, 6.45) is 3.55. The third-order valence-electron chi connectivity index (χ3n) is 2.68. The summed E-state index contributed by atoms with van der Waals surface area (Å²) in [5.41, 5.74) is 0. The van der Waals surface area contributed by atoms with Gasteiger partial charge in [-0.25, -0.2) is 0 Å². The summed E-state index contributed by atoms with van der Waals surface area (Å²) >= 11 is 0. The third-order valence-corrected chi connectivity index (χ3v) is 2.68. The molecule has 5 nitrogen and oxygen atoms in total. The fourth-order valence-electron chi connectivity index (χ4n) is 1.77. The highest BCUT2D eigenvalue weighted by molar-refractivity contribution is 5.80. The highest BCUT2D eigenvalue weighted by Crippen LogP contribution is 2.17. The summed E-state index contributed by atoms with van der Waals surface area (Å²) in [6, 6.07) is 0. The lowest BCUT2D eigenvalue weighted by atomic mass is 9.93. The topological polar surface area (TPSA) is 78.4 Å². The van der Waals surface area contributed by atoms with E-state index in [1.54, 1.807) is 0 Å². The van der Waals surface area contributed by atoms with E-state index in [1.807, 2.05) is 0 Å². The van der Waals surface area contributed by atoms with Crippen LogP contribution in [0.15, 0.2) is 0 Å². The van der Waals surface area contributed by atoms with Crippen molar-refractivity contribution in [3.8, 4) is 0 Å². The maximum absolute atomic E-state index is 11.2. The molecule has 3 N–H and O–H groups in total. The summed E-state index contributed by atoms with van der Waals surface area (Å²) in [7, 11) is 0. The van der Waals surface area contributed by atoms with Crippen molar-refractivity contribution in [3.05, 3.63) is 0 Å². The van der Waals surface area contributed by atoms with E-state index in [0.717, 1.165) is 32.4 Å². The van der Waals surface area contributed by atoms with Crippen molar-refractivity contribution in [3.63, 3.8) is 0 Å². The Kier molecular flexibility index (Phi) is 5.10. The molecule has 0 radical (unpaired) electrons. The summed E-state index contributed by atoms with van der Waals surface area (Å²) in [5, 5.41) is 14.0. The second kappa shape index (κ2) is 6.40. The Morgan fingerprint density at radius 3 is 2.60 bits per heavy atom. The monoisotopic (exact) mass is 214 g/mol. The maximum Gasteiger partial charge on any atom is 0.322 e. The maximum atomic E-state index is 11.2. The number of nitrogens with one attached hydrogen (secondary N) is 2. The number of hydrogen-bond acceptors (Lipinski definition) is 3. The fraction of sp³-hybridized carbons (Fsp3) is 0.800. The number of carboxylic acids is 1. The normalized spacial score (nSPS) is 17.3. The Labute approximate surface area is 89.2 Å². The lowest BCUT2D eigenvalue weighted by molar-refractivity contribution is -0.138. The first-order chi connectivity index (χ1) is 7.18. The molecular formula is C10H18N2O3. The molecule has 5 heteroatoms. The standard InChI is InChI=1S/C10H18N2O3/c13-9(12-7-10(14)15)2-1-8-3-5-11-6-4-8/h8,11H,1-7H2,(H,12,13)(H,14,15). The second-order valence-corrected chi connectivity index (χ2v) is 3.90. The minimum absolute atomic E-state index is 0.157. The highest BCUT2D eigenvalue weighted by atomic mass is 16.4. The van der Waals surface area contributed by atoms with Crippen LogP contribution in [0.4, 0.5) is 0 Å². The number of carboxylic acid groups (broad SMARTS) is 1. The average Bonchev–Trinajstić information content (AvgIpc) is 2.25. The van der Waals surface area contributed by atoms with Crippen LogP contribution in [-0.2, 0) is 9.59 Å². The molecule has 0 aromatic heterocycles. The van der Waals surface area contributed by atoms with Crippen molar-refractivity contribution in [1.29, 1.82) is 0 Å². The van der Waals surface area contributed by atoms with Crippen LogP contribution in [0.2, 0.25) is 0 Å². The van der Waals surface area contributed by atoms with Gasteiger partial charge in [-0.05, 0) is 38.3 Å². The summed E-state index contributed by atoms with van der Waals surface area (Å²) in [4.78, 5) is 21.4. The molecule has 0 bridgehead atoms. The van der Waals surface area contributed by atoms with Crippen LogP contribution in [0.1, 0.15) is 25.7 Å². The molecule has 0 aromatic rings. The molecule has 1 aliphatic heterocycles. The number of aliphatic carboxylic acids is 1. The van der Waals surface area contributed by atoms with Gasteiger partial charge >= 0.3 is 5.97 Å². The van der Waals surface area contributed by atoms with Gasteiger partial charge < -0.3 is 15.7 Å². The third kappa shape index (κ3) is 5.37. The predicted molar refractivity (Wildman–Crippen MR) is 55.5 cm³/mol. The zero-order chi connectivity index (χ0) is 11.1.